The highest BCUT2D eigenvalue weighted by Crippen LogP contribution is 2.45. The van der Waals surface area contributed by atoms with Crippen molar-refractivity contribution in [3.8, 4) is 57.8 Å². The second-order valence-corrected chi connectivity index (χ2v) is 35.9. The number of aromatic nitrogens is 5. The van der Waals surface area contributed by atoms with Gasteiger partial charge in [-0.3, -0.25) is 24.0 Å². The first kappa shape index (κ1) is 103. The number of rotatable bonds is 10. The summed E-state index contributed by atoms with van der Waals surface area (Å²) in [6.07, 6.45) is -5.29. The summed E-state index contributed by atoms with van der Waals surface area (Å²) in [7, 11) is 0. The number of thiazole rings is 5. The summed E-state index contributed by atoms with van der Waals surface area (Å²) < 4.78 is 164. The lowest BCUT2D eigenvalue weighted by Crippen LogP contribution is -2.22. The number of halogens is 12. The molecule has 0 bridgehead atoms. The van der Waals surface area contributed by atoms with Gasteiger partial charge in [-0.05, 0) is 155 Å². The first-order valence-electron chi connectivity index (χ1n) is 42.0. The fourth-order valence-corrected chi connectivity index (χ4v) is 18.7. The predicted octanol–water partition coefficient (Wildman–Crippen LogP) is 15.9. The summed E-state index contributed by atoms with van der Waals surface area (Å²) in [4.78, 5) is 80.5. The van der Waals surface area contributed by atoms with Crippen LogP contribution in [0.5, 0.6) is 29.4 Å². The number of nitrogens with zero attached hydrogens (tertiary/aromatic N) is 20. The van der Waals surface area contributed by atoms with Gasteiger partial charge in [0.2, 0.25) is 29.4 Å². The Balaban J connectivity index is 0.000000137. The number of hydrogen-bond acceptors (Lipinski definition) is 30. The van der Waals surface area contributed by atoms with Crippen molar-refractivity contribution < 1.29 is 78.2 Å². The topological polar surface area (TPSA) is 397 Å². The van der Waals surface area contributed by atoms with Crippen LogP contribution in [0.2, 0.25) is 0 Å². The van der Waals surface area contributed by atoms with Crippen LogP contribution in [0.25, 0.3) is 87.9 Å². The Bertz CT molecular complexity index is 8940. The first-order valence-corrected chi connectivity index (χ1v) is 46.1. The first-order chi connectivity index (χ1) is 69.2. The lowest BCUT2D eigenvalue weighted by Gasteiger charge is -2.19. The van der Waals surface area contributed by atoms with E-state index in [1.165, 1.54) is 84.2 Å². The number of hydrogen-bond donors (Lipinski definition) is 5. The number of aromatic hydroxyl groups is 5. The molecule has 30 nitrogen and oxygen atoms in total. The minimum absolute atomic E-state index is 0. The lowest BCUT2D eigenvalue weighted by molar-refractivity contribution is -0.162. The van der Waals surface area contributed by atoms with Crippen molar-refractivity contribution in [1.29, 1.82) is 0 Å². The molecule has 0 radical (unpaired) electrons. The molecule has 5 aliphatic rings. The van der Waals surface area contributed by atoms with Gasteiger partial charge in [-0.25, -0.2) is 47.8 Å². The van der Waals surface area contributed by atoms with Crippen LogP contribution in [0.15, 0.2) is 325 Å². The van der Waals surface area contributed by atoms with Crippen molar-refractivity contribution >= 4 is 148 Å². The summed E-state index contributed by atoms with van der Waals surface area (Å²) in [6, 6.07) is 58.3. The number of para-hydroxylation sites is 1. The van der Waals surface area contributed by atoms with Crippen molar-refractivity contribution in [1.82, 2.24) is 22.8 Å². The van der Waals surface area contributed by atoms with E-state index in [9.17, 15) is 102 Å². The van der Waals surface area contributed by atoms with Crippen LogP contribution in [0.3, 0.4) is 0 Å². The SMILES string of the molecule is C.Cc1c(-n2c(O)c(C=c3ccc(=C4N=CN=N4)cc3)sc2=O)cccc1C(F)(F)F.Cc1ccc(-n2c(O)c(C=c3ccc(=C4N=CN=N4)cc3)sc2=O)cc1.Cc1cccc(-n2c(O)c(C=c3ccc(=C4N=CN=N4)cc3)sc2=O)c1C.O=c1sc(C=c2ccc(=C3N=CN=N3)cc2)c(O)n1-c1cccc(C(F)(F)F)c1C(F)(F)F.O=c1sc(C=c2ccc(=C3N=CN=N3)cc2)c(O)n1-c1ccccc1C(F)(F)F. The second-order valence-electron chi connectivity index (χ2n) is 30.9. The van der Waals surface area contributed by atoms with Gasteiger partial charge < -0.3 is 25.5 Å². The molecule has 0 spiro atoms. The number of aryl methyl sites for hydroxylation is 2. The monoisotopic (exact) mass is 2080 g/mol. The Morgan fingerprint density at radius 3 is 0.822 bits per heavy atom. The Hall–Kier alpha value is -17.4. The molecule has 5 aliphatic heterocycles. The minimum atomic E-state index is -5.44. The average molecular weight is 2090 g/mol. The number of aliphatic imine (C=N–C) groups is 5. The smallest absolute Gasteiger partial charge is 0.419 e. The number of alkyl halides is 12. The number of benzene rings is 10. The summed E-state index contributed by atoms with van der Waals surface area (Å²) in [6.45, 7) is 7.16. The molecule has 47 heteroatoms. The zero-order valence-corrected chi connectivity index (χ0v) is 78.5. The molecule has 5 N–H and O–H groups in total. The van der Waals surface area contributed by atoms with Gasteiger partial charge in [0.1, 0.15) is 31.7 Å². The van der Waals surface area contributed by atoms with Crippen molar-refractivity contribution in [2.75, 3.05) is 0 Å². The lowest BCUT2D eigenvalue weighted by atomic mass is 10.0. The van der Waals surface area contributed by atoms with Gasteiger partial charge >= 0.3 is 49.1 Å². The highest BCUT2D eigenvalue weighted by atomic mass is 32.1. The van der Waals surface area contributed by atoms with Crippen molar-refractivity contribution in [3.05, 3.63) is 394 Å². The van der Waals surface area contributed by atoms with Crippen molar-refractivity contribution in [2.45, 2.75) is 59.8 Å². The third-order valence-electron chi connectivity index (χ3n) is 21.6. The molecule has 0 saturated heterocycles. The van der Waals surface area contributed by atoms with E-state index in [-0.39, 0.29) is 65.4 Å². The van der Waals surface area contributed by atoms with Gasteiger partial charge in [-0.2, -0.15) is 52.7 Å². The van der Waals surface area contributed by atoms with Crippen LogP contribution in [-0.4, -0.2) is 80.1 Å². The predicted molar refractivity (Wildman–Crippen MR) is 534 cm³/mol. The summed E-state index contributed by atoms with van der Waals surface area (Å²) >= 11 is 3.79. The van der Waals surface area contributed by atoms with Crippen molar-refractivity contribution in [2.24, 2.45) is 76.1 Å². The van der Waals surface area contributed by atoms with Crippen LogP contribution in [0.1, 0.15) is 76.3 Å². The standard InChI is InChI=1S/C20H10F6N4O2S.C20H13F3N4O2S.C20H16N4O2S.C19H11F3N4O2S.C19H14N4O2S.CH4/c21-19(22,23)12-2-1-3-13(15(12)20(24,25)26)30-17(31)14(33-18(30)32)8-10-4-6-11(7-5-10)16-27-9-28-29-16;1-11-14(20(21,22)23)3-2-4-15(11)27-18(28)16(30-19(27)29)9-12-5-7-13(8-6-12)17-24-10-25-26-17;1-12-4-3-5-16(13(12)2)24-19(25)17(27-20(24)26)10-14-6-8-15(9-7-14)18-21-11-22-23-18;20-19(21,22)13-3-1-2-4-14(13)26-17(27)15(29-18(26)28)9-11-5-7-12(8-6-11)16-23-10-24-25-16;1-12-2-8-15(9-3-12)23-18(24)16(26-19(23)25)10-13-4-6-14(7-5-13)17-20-11-21-22-17;/h1-9,31H;2-10,28H,1H3;3-11,25H,1-2H3;1-10,27H;2-11,24H,1H3;1H4. The number of azo groups is 5. The summed E-state index contributed by atoms with van der Waals surface area (Å²) in [5, 5.41) is 97.7. The van der Waals surface area contributed by atoms with Gasteiger partial charge in [0.05, 0.1) is 75.1 Å². The van der Waals surface area contributed by atoms with Gasteiger partial charge in [-0.1, -0.05) is 240 Å². The van der Waals surface area contributed by atoms with Crippen LogP contribution in [0, 0.1) is 27.7 Å². The molecule has 146 heavy (non-hydrogen) atoms. The zero-order chi connectivity index (χ0) is 103. The minimum Gasteiger partial charge on any atom is -0.493 e. The second kappa shape index (κ2) is 43.2. The average Bonchev–Trinajstić information content (AvgIpc) is 1.46. The highest BCUT2D eigenvalue weighted by Gasteiger charge is 2.46. The van der Waals surface area contributed by atoms with E-state index in [0.29, 0.717) is 104 Å². The quantitative estimate of drug-likeness (QED) is 0.0805. The van der Waals surface area contributed by atoms with Crippen LogP contribution >= 0.6 is 56.7 Å². The molecule has 5 aromatic heterocycles. The van der Waals surface area contributed by atoms with E-state index in [1.807, 2.05) is 112 Å². The molecule has 15 aromatic rings. The van der Waals surface area contributed by atoms with E-state index in [2.05, 4.69) is 76.1 Å². The molecular weight excluding hydrogens is 2020 g/mol. The molecule has 0 atom stereocenters. The van der Waals surface area contributed by atoms with Crippen LogP contribution in [-0.2, 0) is 24.7 Å². The molecule has 0 unspecified atom stereocenters. The largest absolute Gasteiger partial charge is 0.493 e. The van der Waals surface area contributed by atoms with Crippen LogP contribution < -0.4 is 76.6 Å². The fraction of sp³-hybridized carbons (Fsp3) is 0.0909. The van der Waals surface area contributed by atoms with E-state index in [1.54, 1.807) is 91.0 Å². The molecule has 10 aromatic carbocycles. The summed E-state index contributed by atoms with van der Waals surface area (Å²) in [5.74, 6) is 0.433. The Morgan fingerprint density at radius 1 is 0.267 bits per heavy atom. The van der Waals surface area contributed by atoms with Crippen molar-refractivity contribution in [3.63, 3.8) is 0 Å². The highest BCUT2D eigenvalue weighted by molar-refractivity contribution is 7.11. The zero-order valence-electron chi connectivity index (χ0n) is 74.4. The van der Waals surface area contributed by atoms with E-state index in [4.69, 9.17) is 0 Å². The molecule has 10 heterocycles. The summed E-state index contributed by atoms with van der Waals surface area (Å²) in [5.41, 5.74) is -3.12. The van der Waals surface area contributed by atoms with Gasteiger partial charge in [0, 0.05) is 26.1 Å². The molecule has 738 valence electrons. The molecule has 0 amide bonds. The van der Waals surface area contributed by atoms with E-state index >= 15 is 0 Å². The molecular formula is C99H68F12N20O10S5. The maximum absolute atomic E-state index is 13.6. The third kappa shape index (κ3) is 23.0. The Labute approximate surface area is 831 Å². The third-order valence-corrected chi connectivity index (χ3v) is 26.0. The fourth-order valence-electron chi connectivity index (χ4n) is 14.5. The Morgan fingerprint density at radius 2 is 0.521 bits per heavy atom. The molecule has 0 saturated carbocycles. The molecule has 0 fully saturated rings. The van der Waals surface area contributed by atoms with Crippen LogP contribution in [0.4, 0.5) is 52.7 Å². The van der Waals surface area contributed by atoms with Gasteiger partial charge in [0.25, 0.3) is 0 Å². The van der Waals surface area contributed by atoms with Gasteiger partial charge in [-0.15, -0.1) is 51.1 Å². The normalized spacial score (nSPS) is 13.1. The van der Waals surface area contributed by atoms with E-state index in [0.717, 1.165) is 111 Å². The van der Waals surface area contributed by atoms with Gasteiger partial charge in [0.15, 0.2) is 29.1 Å². The van der Waals surface area contributed by atoms with E-state index < -0.39 is 90.6 Å². The molecule has 20 rings (SSSR count). The maximum atomic E-state index is 13.6. The Kier molecular flexibility index (Phi) is 30.4. The molecule has 0 aliphatic carbocycles. The maximum Gasteiger partial charge on any atom is 0.419 e.